The maximum absolute atomic E-state index is 12.9. The van der Waals surface area contributed by atoms with Gasteiger partial charge >= 0.3 is 0 Å². The van der Waals surface area contributed by atoms with E-state index in [1.807, 2.05) is 45.2 Å². The van der Waals surface area contributed by atoms with E-state index in [1.54, 1.807) is 10.9 Å². The predicted molar refractivity (Wildman–Crippen MR) is 122 cm³/mol. The Bertz CT molecular complexity index is 1230. The quantitative estimate of drug-likeness (QED) is 0.412. The number of nitrogens with zero attached hydrogens (tertiary/aromatic N) is 5. The van der Waals surface area contributed by atoms with E-state index in [1.165, 1.54) is 11.8 Å². The van der Waals surface area contributed by atoms with Crippen molar-refractivity contribution in [2.75, 3.05) is 5.32 Å². The van der Waals surface area contributed by atoms with Crippen molar-refractivity contribution in [3.63, 3.8) is 0 Å². The van der Waals surface area contributed by atoms with Crippen LogP contribution >= 0.6 is 11.8 Å². The Balaban J connectivity index is 1.40. The zero-order chi connectivity index (χ0) is 21.5. The molecule has 9 heteroatoms. The van der Waals surface area contributed by atoms with Crippen LogP contribution in [0.3, 0.4) is 0 Å². The summed E-state index contributed by atoms with van der Waals surface area (Å²) in [5.41, 5.74) is 2.12. The number of aromatic nitrogens is 6. The first-order valence-corrected chi connectivity index (χ1v) is 11.4. The molecule has 0 spiro atoms. The minimum atomic E-state index is -0.326. The van der Waals surface area contributed by atoms with E-state index in [4.69, 9.17) is 0 Å². The summed E-state index contributed by atoms with van der Waals surface area (Å²) in [5.74, 6) is 1.48. The van der Waals surface area contributed by atoms with Crippen molar-refractivity contribution in [1.29, 1.82) is 0 Å². The van der Waals surface area contributed by atoms with Crippen molar-refractivity contribution in [2.24, 2.45) is 0 Å². The van der Waals surface area contributed by atoms with Gasteiger partial charge in [0, 0.05) is 40.8 Å². The maximum Gasteiger partial charge on any atom is 0.238 e. The molecular formula is C22H25N7OS. The van der Waals surface area contributed by atoms with Crippen LogP contribution in [0.4, 0.5) is 5.82 Å². The summed E-state index contributed by atoms with van der Waals surface area (Å²) in [6.45, 7) is 5.96. The lowest BCUT2D eigenvalue weighted by Crippen LogP contribution is -2.25. The van der Waals surface area contributed by atoms with Gasteiger partial charge in [-0.25, -0.2) is 4.68 Å². The molecule has 0 bridgehead atoms. The van der Waals surface area contributed by atoms with E-state index in [0.29, 0.717) is 11.9 Å². The number of aromatic amines is 1. The number of amides is 1. The van der Waals surface area contributed by atoms with Gasteiger partial charge in [0.25, 0.3) is 0 Å². The standard InChI is InChI=1S/C22H25N7OS/c1-13(2)29-19(10-11-24-29)25-21(30)14(3)31-22-27-26-20(28(22)15-8-9-15)17-12-23-18-7-5-4-6-16(17)18/h4-7,10-15,23H,8-9H2,1-3H3,(H,25,30)/t14-/m0/s1. The average Bonchev–Trinajstić information content (AvgIpc) is 3.14. The highest BCUT2D eigenvalue weighted by molar-refractivity contribution is 8.00. The molecule has 0 aliphatic heterocycles. The number of nitrogens with one attached hydrogen (secondary N) is 2. The first kappa shape index (κ1) is 19.9. The summed E-state index contributed by atoms with van der Waals surface area (Å²) in [6.07, 6.45) is 5.90. The van der Waals surface area contributed by atoms with E-state index >= 15 is 0 Å². The average molecular weight is 436 g/mol. The highest BCUT2D eigenvalue weighted by Gasteiger charge is 2.32. The van der Waals surface area contributed by atoms with E-state index in [-0.39, 0.29) is 17.2 Å². The molecule has 3 aromatic heterocycles. The summed E-state index contributed by atoms with van der Waals surface area (Å²) >= 11 is 1.44. The van der Waals surface area contributed by atoms with Crippen LogP contribution < -0.4 is 5.32 Å². The van der Waals surface area contributed by atoms with E-state index in [0.717, 1.165) is 40.3 Å². The van der Waals surface area contributed by atoms with Gasteiger partial charge in [0.1, 0.15) is 5.82 Å². The summed E-state index contributed by atoms with van der Waals surface area (Å²) < 4.78 is 4.00. The normalized spacial score (nSPS) is 15.0. The van der Waals surface area contributed by atoms with Crippen molar-refractivity contribution in [1.82, 2.24) is 29.5 Å². The van der Waals surface area contributed by atoms with Crippen molar-refractivity contribution < 1.29 is 4.79 Å². The molecule has 1 aliphatic carbocycles. The number of carbonyl (C=O) groups excluding carboxylic acids is 1. The van der Waals surface area contributed by atoms with E-state index in [9.17, 15) is 4.79 Å². The van der Waals surface area contributed by atoms with Gasteiger partial charge in [0.2, 0.25) is 5.91 Å². The summed E-state index contributed by atoms with van der Waals surface area (Å²) in [4.78, 5) is 16.2. The van der Waals surface area contributed by atoms with Gasteiger partial charge < -0.3 is 10.3 Å². The molecule has 1 aliphatic rings. The third kappa shape index (κ3) is 3.74. The van der Waals surface area contributed by atoms with Gasteiger partial charge in [-0.3, -0.25) is 9.36 Å². The van der Waals surface area contributed by atoms with Crippen molar-refractivity contribution in [3.8, 4) is 11.4 Å². The predicted octanol–water partition coefficient (Wildman–Crippen LogP) is 4.66. The number of benzene rings is 1. The van der Waals surface area contributed by atoms with Crippen molar-refractivity contribution >= 4 is 34.4 Å². The molecule has 160 valence electrons. The number of para-hydroxylation sites is 1. The fraction of sp³-hybridized carbons (Fsp3) is 0.364. The molecule has 1 amide bonds. The fourth-order valence-electron chi connectivity index (χ4n) is 3.72. The fourth-order valence-corrected chi connectivity index (χ4v) is 4.64. The Kier molecular flexibility index (Phi) is 5.05. The summed E-state index contributed by atoms with van der Waals surface area (Å²) in [7, 11) is 0. The smallest absolute Gasteiger partial charge is 0.238 e. The zero-order valence-corrected chi connectivity index (χ0v) is 18.6. The molecule has 0 saturated heterocycles. The highest BCUT2D eigenvalue weighted by Crippen LogP contribution is 2.42. The molecule has 5 rings (SSSR count). The molecule has 1 saturated carbocycles. The van der Waals surface area contributed by atoms with Crippen molar-refractivity contribution in [3.05, 3.63) is 42.7 Å². The molecule has 3 heterocycles. The van der Waals surface area contributed by atoms with E-state index in [2.05, 4.69) is 42.3 Å². The van der Waals surface area contributed by atoms with Crippen LogP contribution in [0.25, 0.3) is 22.3 Å². The van der Waals surface area contributed by atoms with Crippen LogP contribution in [-0.2, 0) is 4.79 Å². The molecular weight excluding hydrogens is 410 g/mol. The Hall–Kier alpha value is -3.07. The maximum atomic E-state index is 12.9. The molecule has 1 atom stereocenters. The number of thioether (sulfide) groups is 1. The van der Waals surface area contributed by atoms with Crippen LogP contribution in [0.1, 0.15) is 45.7 Å². The third-order valence-electron chi connectivity index (χ3n) is 5.47. The first-order chi connectivity index (χ1) is 15.0. The van der Waals surface area contributed by atoms with Crippen LogP contribution in [0, 0.1) is 0 Å². The first-order valence-electron chi connectivity index (χ1n) is 10.6. The SMILES string of the molecule is CC(C)n1nccc1NC(=O)[C@H](C)Sc1nnc(-c2c[nH]c3ccccc23)n1C1CC1. The summed E-state index contributed by atoms with van der Waals surface area (Å²) in [6, 6.07) is 10.6. The minimum absolute atomic E-state index is 0.0774. The Morgan fingerprint density at radius 3 is 2.77 bits per heavy atom. The lowest BCUT2D eigenvalue weighted by atomic mass is 10.1. The van der Waals surface area contributed by atoms with Gasteiger partial charge in [-0.15, -0.1) is 10.2 Å². The molecule has 4 aromatic rings. The number of H-pyrrole nitrogens is 1. The molecule has 1 aromatic carbocycles. The summed E-state index contributed by atoms with van der Waals surface area (Å²) in [5, 5.41) is 17.8. The molecule has 0 unspecified atom stereocenters. The molecule has 2 N–H and O–H groups in total. The highest BCUT2D eigenvalue weighted by atomic mass is 32.2. The molecule has 31 heavy (non-hydrogen) atoms. The lowest BCUT2D eigenvalue weighted by Gasteiger charge is -2.15. The van der Waals surface area contributed by atoms with Crippen LogP contribution in [0.15, 0.2) is 47.9 Å². The molecule has 0 radical (unpaired) electrons. The van der Waals surface area contributed by atoms with Gasteiger partial charge in [0.15, 0.2) is 11.0 Å². The van der Waals surface area contributed by atoms with Gasteiger partial charge in [-0.2, -0.15) is 5.10 Å². The van der Waals surface area contributed by atoms with Gasteiger partial charge in [-0.05, 0) is 39.7 Å². The Labute approximate surface area is 184 Å². The number of rotatable bonds is 7. The monoisotopic (exact) mass is 435 g/mol. The second kappa shape index (κ2) is 7.88. The van der Waals surface area contributed by atoms with Crippen molar-refractivity contribution in [2.45, 2.75) is 56.1 Å². The zero-order valence-electron chi connectivity index (χ0n) is 17.7. The van der Waals surface area contributed by atoms with E-state index < -0.39 is 0 Å². The molecule has 8 nitrogen and oxygen atoms in total. The second-order valence-corrected chi connectivity index (χ2v) is 9.47. The van der Waals surface area contributed by atoms with Crippen LogP contribution in [0.5, 0.6) is 0 Å². The third-order valence-corrected chi connectivity index (χ3v) is 6.53. The number of carbonyl (C=O) groups is 1. The lowest BCUT2D eigenvalue weighted by molar-refractivity contribution is -0.115. The topological polar surface area (TPSA) is 93.4 Å². The Morgan fingerprint density at radius 1 is 1.19 bits per heavy atom. The number of anilines is 1. The van der Waals surface area contributed by atoms with Gasteiger partial charge in [-0.1, -0.05) is 30.0 Å². The second-order valence-electron chi connectivity index (χ2n) is 8.16. The molecule has 1 fully saturated rings. The Morgan fingerprint density at radius 2 is 2.00 bits per heavy atom. The number of hydrogen-bond acceptors (Lipinski definition) is 5. The van der Waals surface area contributed by atoms with Gasteiger partial charge in [0.05, 0.1) is 11.4 Å². The van der Waals surface area contributed by atoms with Crippen LogP contribution in [0.2, 0.25) is 0 Å². The minimum Gasteiger partial charge on any atom is -0.360 e. The largest absolute Gasteiger partial charge is 0.360 e. The number of hydrogen-bond donors (Lipinski definition) is 2. The number of fused-ring (bicyclic) bond motifs is 1. The van der Waals surface area contributed by atoms with Crippen LogP contribution in [-0.4, -0.2) is 40.7 Å².